The molecule has 4 aromatic rings. The molecule has 2 amide bonds. The molecule has 0 fully saturated rings. The number of halogens is 3. The number of imide groups is 1. The maximum Gasteiger partial charge on any atom is 0.573 e. The van der Waals surface area contributed by atoms with E-state index >= 15 is 0 Å². The molecule has 0 saturated heterocycles. The van der Waals surface area contributed by atoms with Gasteiger partial charge < -0.3 is 4.74 Å². The lowest BCUT2D eigenvalue weighted by Gasteiger charge is -2.15. The fourth-order valence-electron chi connectivity index (χ4n) is 3.45. The largest absolute Gasteiger partial charge is 0.573 e. The van der Waals surface area contributed by atoms with Gasteiger partial charge in [0, 0.05) is 24.2 Å². The van der Waals surface area contributed by atoms with Gasteiger partial charge in [0.2, 0.25) is 0 Å². The fraction of sp³-hybridized carbons (Fsp3) is 0.0500. The van der Waals surface area contributed by atoms with E-state index in [0.29, 0.717) is 16.6 Å². The summed E-state index contributed by atoms with van der Waals surface area (Å²) in [6.45, 7) is 0. The number of nitrogens with zero attached hydrogens (tertiary/aromatic N) is 4. The molecule has 1 aliphatic heterocycles. The van der Waals surface area contributed by atoms with Crippen LogP contribution in [-0.2, 0) is 0 Å². The summed E-state index contributed by atoms with van der Waals surface area (Å²) in [6.07, 6.45) is -0.427. The van der Waals surface area contributed by atoms with Crippen molar-refractivity contribution in [3.63, 3.8) is 0 Å². The third-order valence-electron chi connectivity index (χ3n) is 4.71. The highest BCUT2D eigenvalue weighted by atomic mass is 19.4. The number of anilines is 1. The van der Waals surface area contributed by atoms with Crippen molar-refractivity contribution in [2.45, 2.75) is 6.36 Å². The summed E-state index contributed by atoms with van der Waals surface area (Å²) in [5.74, 6) is -1.74. The van der Waals surface area contributed by atoms with Crippen molar-refractivity contribution in [1.82, 2.24) is 20.2 Å². The van der Waals surface area contributed by atoms with Crippen LogP contribution >= 0.6 is 0 Å². The molecule has 0 radical (unpaired) electrons. The van der Waals surface area contributed by atoms with Gasteiger partial charge in [-0.25, -0.2) is 9.88 Å². The highest BCUT2D eigenvalue weighted by Gasteiger charge is 2.40. The maximum absolute atomic E-state index is 13.2. The maximum atomic E-state index is 13.2. The molecule has 11 heteroatoms. The number of benzene rings is 1. The van der Waals surface area contributed by atoms with E-state index in [-0.39, 0.29) is 22.5 Å². The second kappa shape index (κ2) is 6.62. The van der Waals surface area contributed by atoms with E-state index in [4.69, 9.17) is 0 Å². The standard InChI is InChI=1S/C20H10F3N5O3/c21-20(22,23)31-12-5-3-11(4-6-12)28-18(29)13-9-25-17-15(14(13)19(28)30)16(26-27-17)10-2-1-7-24-8-10/h1-9H,(H,25,26,27). The monoisotopic (exact) mass is 425 g/mol. The van der Waals surface area contributed by atoms with Crippen molar-refractivity contribution < 1.29 is 27.5 Å². The first kappa shape index (κ1) is 18.7. The molecule has 0 unspecified atom stereocenters. The van der Waals surface area contributed by atoms with Gasteiger partial charge in [-0.1, -0.05) is 0 Å². The van der Waals surface area contributed by atoms with Crippen LogP contribution in [0.3, 0.4) is 0 Å². The van der Waals surface area contributed by atoms with E-state index in [2.05, 4.69) is 24.9 Å². The van der Waals surface area contributed by atoms with Crippen LogP contribution < -0.4 is 9.64 Å². The molecule has 1 aromatic carbocycles. The molecular formula is C20H10F3N5O3. The Morgan fingerprint density at radius 2 is 1.77 bits per heavy atom. The number of pyridine rings is 2. The Morgan fingerprint density at radius 3 is 2.45 bits per heavy atom. The predicted octanol–water partition coefficient (Wildman–Crippen LogP) is 3.72. The van der Waals surface area contributed by atoms with Gasteiger partial charge in [-0.2, -0.15) is 5.10 Å². The van der Waals surface area contributed by atoms with Crippen molar-refractivity contribution in [1.29, 1.82) is 0 Å². The number of fused-ring (bicyclic) bond motifs is 3. The molecule has 0 spiro atoms. The van der Waals surface area contributed by atoms with E-state index in [1.807, 2.05) is 0 Å². The average molecular weight is 425 g/mol. The van der Waals surface area contributed by atoms with Gasteiger partial charge in [0.25, 0.3) is 11.8 Å². The topological polar surface area (TPSA) is 101 Å². The van der Waals surface area contributed by atoms with Crippen molar-refractivity contribution in [3.8, 4) is 17.0 Å². The molecule has 0 bridgehead atoms. The summed E-state index contributed by atoms with van der Waals surface area (Å²) in [6, 6.07) is 7.92. The number of carbonyl (C=O) groups is 2. The van der Waals surface area contributed by atoms with E-state index in [0.717, 1.165) is 17.0 Å². The molecule has 4 heterocycles. The smallest absolute Gasteiger partial charge is 0.406 e. The molecule has 3 aromatic heterocycles. The summed E-state index contributed by atoms with van der Waals surface area (Å²) in [5, 5.41) is 7.29. The SMILES string of the molecule is O=C1c2cnc3n[nH]c(-c4cccnc4)c3c2C(=O)N1c1ccc(OC(F)(F)F)cc1. The Kier molecular flexibility index (Phi) is 4.00. The summed E-state index contributed by atoms with van der Waals surface area (Å²) >= 11 is 0. The van der Waals surface area contributed by atoms with Crippen LogP contribution in [-0.4, -0.2) is 38.3 Å². The first-order valence-electron chi connectivity index (χ1n) is 8.85. The zero-order valence-electron chi connectivity index (χ0n) is 15.3. The van der Waals surface area contributed by atoms with E-state index in [1.165, 1.54) is 18.3 Å². The van der Waals surface area contributed by atoms with Gasteiger partial charge in [-0.15, -0.1) is 13.2 Å². The molecule has 154 valence electrons. The van der Waals surface area contributed by atoms with Crippen molar-refractivity contribution in [3.05, 3.63) is 66.1 Å². The second-order valence-corrected chi connectivity index (χ2v) is 6.57. The lowest BCUT2D eigenvalue weighted by molar-refractivity contribution is -0.274. The summed E-state index contributed by atoms with van der Waals surface area (Å²) in [5.41, 5.74) is 1.64. The first-order valence-corrected chi connectivity index (χ1v) is 8.85. The fourth-order valence-corrected chi connectivity index (χ4v) is 3.45. The minimum atomic E-state index is -4.85. The Balaban J connectivity index is 1.59. The van der Waals surface area contributed by atoms with Gasteiger partial charge in [0.15, 0.2) is 5.65 Å². The Hall–Kier alpha value is -4.28. The van der Waals surface area contributed by atoms with Crippen molar-refractivity contribution >= 4 is 28.5 Å². The van der Waals surface area contributed by atoms with Gasteiger partial charge in [0.05, 0.1) is 27.9 Å². The molecule has 5 rings (SSSR count). The zero-order chi connectivity index (χ0) is 21.8. The number of H-pyrrole nitrogens is 1. The Bertz CT molecular complexity index is 1330. The molecular weight excluding hydrogens is 415 g/mol. The van der Waals surface area contributed by atoms with Crippen LogP contribution in [0.1, 0.15) is 20.7 Å². The highest BCUT2D eigenvalue weighted by Crippen LogP contribution is 2.36. The van der Waals surface area contributed by atoms with Crippen LogP contribution in [0.4, 0.5) is 18.9 Å². The summed E-state index contributed by atoms with van der Waals surface area (Å²) in [4.78, 5) is 35.3. The Morgan fingerprint density at radius 1 is 1.00 bits per heavy atom. The number of rotatable bonds is 3. The van der Waals surface area contributed by atoms with Gasteiger partial charge in [0.1, 0.15) is 5.75 Å². The third-order valence-corrected chi connectivity index (χ3v) is 4.71. The number of nitrogens with one attached hydrogen (secondary N) is 1. The molecule has 8 nitrogen and oxygen atoms in total. The summed E-state index contributed by atoms with van der Waals surface area (Å²) < 4.78 is 41.0. The van der Waals surface area contributed by atoms with Crippen LogP contribution in [0.25, 0.3) is 22.3 Å². The lowest BCUT2D eigenvalue weighted by Crippen LogP contribution is -2.29. The van der Waals surface area contributed by atoms with Gasteiger partial charge in [-0.3, -0.25) is 19.7 Å². The first-order chi connectivity index (χ1) is 14.8. The number of hydrogen-bond donors (Lipinski definition) is 1. The van der Waals surface area contributed by atoms with E-state index in [1.54, 1.807) is 24.5 Å². The van der Waals surface area contributed by atoms with Crippen LogP contribution in [0.2, 0.25) is 0 Å². The molecule has 1 N–H and O–H groups in total. The number of carbonyl (C=O) groups excluding carboxylic acids is 2. The second-order valence-electron chi connectivity index (χ2n) is 6.57. The number of hydrogen-bond acceptors (Lipinski definition) is 6. The third kappa shape index (κ3) is 3.06. The molecule has 31 heavy (non-hydrogen) atoms. The Labute approximate surface area is 171 Å². The molecule has 0 atom stereocenters. The molecule has 0 saturated carbocycles. The number of aromatic amines is 1. The minimum Gasteiger partial charge on any atom is -0.406 e. The van der Waals surface area contributed by atoms with E-state index < -0.39 is 23.9 Å². The van der Waals surface area contributed by atoms with Gasteiger partial charge >= 0.3 is 6.36 Å². The number of aromatic nitrogens is 4. The van der Waals surface area contributed by atoms with Crippen LogP contribution in [0, 0.1) is 0 Å². The zero-order valence-corrected chi connectivity index (χ0v) is 15.3. The van der Waals surface area contributed by atoms with Crippen LogP contribution in [0.15, 0.2) is 55.0 Å². The summed E-state index contributed by atoms with van der Waals surface area (Å²) in [7, 11) is 0. The van der Waals surface area contributed by atoms with Crippen molar-refractivity contribution in [2.24, 2.45) is 0 Å². The van der Waals surface area contributed by atoms with Crippen LogP contribution in [0.5, 0.6) is 5.75 Å². The van der Waals surface area contributed by atoms with Crippen molar-refractivity contribution in [2.75, 3.05) is 4.90 Å². The highest BCUT2D eigenvalue weighted by molar-refractivity contribution is 6.38. The van der Waals surface area contributed by atoms with Gasteiger partial charge in [-0.05, 0) is 36.4 Å². The number of amides is 2. The number of ether oxygens (including phenoxy) is 1. The lowest BCUT2D eigenvalue weighted by atomic mass is 10.0. The predicted molar refractivity (Wildman–Crippen MR) is 101 cm³/mol. The molecule has 1 aliphatic rings. The molecule has 0 aliphatic carbocycles. The quantitative estimate of drug-likeness (QED) is 0.502. The normalized spacial score (nSPS) is 13.7. The van der Waals surface area contributed by atoms with E-state index in [9.17, 15) is 22.8 Å². The minimum absolute atomic E-state index is 0.0691. The average Bonchev–Trinajstić information content (AvgIpc) is 3.27. The number of alkyl halides is 3.